The normalized spacial score (nSPS) is 20.1. The molecule has 15 heavy (non-hydrogen) atoms. The van der Waals surface area contributed by atoms with E-state index in [1.54, 1.807) is 0 Å². The van der Waals surface area contributed by atoms with Crippen LogP contribution in [-0.4, -0.2) is 0 Å². The van der Waals surface area contributed by atoms with Gasteiger partial charge in [0, 0.05) is 0 Å². The van der Waals surface area contributed by atoms with Crippen LogP contribution in [0.15, 0.2) is 30.3 Å². The highest BCUT2D eigenvalue weighted by atomic mass is 14.2. The van der Waals surface area contributed by atoms with Gasteiger partial charge >= 0.3 is 0 Å². The summed E-state index contributed by atoms with van der Waals surface area (Å²) in [4.78, 5) is 0. The molecule has 2 rings (SSSR count). The van der Waals surface area contributed by atoms with Crippen molar-refractivity contribution in [1.82, 2.24) is 0 Å². The maximum absolute atomic E-state index is 2.38. The molecule has 82 valence electrons. The second-order valence-electron chi connectivity index (χ2n) is 5.05. The molecule has 1 fully saturated rings. The van der Waals surface area contributed by atoms with Crippen molar-refractivity contribution < 1.29 is 0 Å². The maximum atomic E-state index is 2.38. The van der Waals surface area contributed by atoms with Crippen molar-refractivity contribution >= 4 is 0 Å². The van der Waals surface area contributed by atoms with Crippen molar-refractivity contribution in [2.24, 2.45) is 5.92 Å². The van der Waals surface area contributed by atoms with Crippen LogP contribution in [0.25, 0.3) is 0 Å². The second kappa shape index (κ2) is 5.34. The summed E-state index contributed by atoms with van der Waals surface area (Å²) in [6, 6.07) is 11.0. The summed E-state index contributed by atoms with van der Waals surface area (Å²) < 4.78 is 0. The fourth-order valence-corrected chi connectivity index (χ4v) is 2.84. The lowest BCUT2D eigenvalue weighted by Gasteiger charge is -2.24. The summed E-state index contributed by atoms with van der Waals surface area (Å²) in [7, 11) is 0. The number of benzene rings is 1. The predicted molar refractivity (Wildman–Crippen MR) is 66.0 cm³/mol. The molecule has 1 aliphatic carbocycles. The maximum Gasteiger partial charge on any atom is -0.0188 e. The van der Waals surface area contributed by atoms with E-state index in [-0.39, 0.29) is 0 Å². The molecular formula is C15H22. The van der Waals surface area contributed by atoms with Crippen molar-refractivity contribution in [3.05, 3.63) is 35.9 Å². The summed E-state index contributed by atoms with van der Waals surface area (Å²) in [6.45, 7) is 2.38. The van der Waals surface area contributed by atoms with E-state index in [1.165, 1.54) is 44.1 Å². The lowest BCUT2D eigenvalue weighted by Crippen LogP contribution is -2.09. The quantitative estimate of drug-likeness (QED) is 0.663. The first-order valence-corrected chi connectivity index (χ1v) is 6.41. The van der Waals surface area contributed by atoms with Crippen LogP contribution in [0.5, 0.6) is 0 Å². The molecule has 0 saturated heterocycles. The van der Waals surface area contributed by atoms with Gasteiger partial charge in [0.2, 0.25) is 0 Å². The Hall–Kier alpha value is -0.780. The third-order valence-electron chi connectivity index (χ3n) is 3.78. The van der Waals surface area contributed by atoms with E-state index in [0.29, 0.717) is 0 Å². The molecule has 0 N–H and O–H groups in total. The smallest absolute Gasteiger partial charge is 0.0188 e. The highest BCUT2D eigenvalue weighted by molar-refractivity contribution is 5.18. The van der Waals surface area contributed by atoms with Crippen LogP contribution in [0.3, 0.4) is 0 Å². The van der Waals surface area contributed by atoms with E-state index in [4.69, 9.17) is 0 Å². The van der Waals surface area contributed by atoms with Crippen molar-refractivity contribution in [2.45, 2.75) is 51.4 Å². The lowest BCUT2D eigenvalue weighted by atomic mass is 9.81. The Kier molecular flexibility index (Phi) is 3.82. The van der Waals surface area contributed by atoms with E-state index in [0.717, 1.165) is 11.8 Å². The Morgan fingerprint density at radius 3 is 2.40 bits per heavy atom. The summed E-state index contributed by atoms with van der Waals surface area (Å²) in [5, 5.41) is 0. The van der Waals surface area contributed by atoms with Gasteiger partial charge in [-0.25, -0.2) is 0 Å². The molecule has 1 aliphatic rings. The lowest BCUT2D eigenvalue weighted by molar-refractivity contribution is 0.323. The highest BCUT2D eigenvalue weighted by Gasteiger charge is 2.16. The number of hydrogen-bond donors (Lipinski definition) is 0. The molecule has 0 radical (unpaired) electrons. The number of rotatable bonds is 3. The largest absolute Gasteiger partial charge is 0.0622 e. The van der Waals surface area contributed by atoms with Crippen molar-refractivity contribution in [2.75, 3.05) is 0 Å². The van der Waals surface area contributed by atoms with Gasteiger partial charge in [-0.15, -0.1) is 0 Å². The Morgan fingerprint density at radius 2 is 1.73 bits per heavy atom. The van der Waals surface area contributed by atoms with Gasteiger partial charge in [0.25, 0.3) is 0 Å². The van der Waals surface area contributed by atoms with Crippen molar-refractivity contribution in [1.29, 1.82) is 0 Å². The predicted octanol–water partition coefficient (Wildman–Crippen LogP) is 4.76. The van der Waals surface area contributed by atoms with Crippen LogP contribution in [0.2, 0.25) is 0 Å². The first kappa shape index (κ1) is 10.7. The molecule has 1 saturated carbocycles. The minimum Gasteiger partial charge on any atom is -0.0622 e. The van der Waals surface area contributed by atoms with Gasteiger partial charge in [0.15, 0.2) is 0 Å². The standard InChI is InChI=1S/C15H22/c1-13(15-10-6-3-7-11-15)12-14-8-4-2-5-9-14/h3,6-7,10-11,13-14H,2,4-5,8-9,12H2,1H3. The van der Waals surface area contributed by atoms with Gasteiger partial charge in [-0.3, -0.25) is 0 Å². The van der Waals surface area contributed by atoms with Gasteiger partial charge in [-0.2, -0.15) is 0 Å². The van der Waals surface area contributed by atoms with Crippen LogP contribution in [-0.2, 0) is 0 Å². The van der Waals surface area contributed by atoms with E-state index in [1.807, 2.05) is 0 Å². The topological polar surface area (TPSA) is 0 Å². The van der Waals surface area contributed by atoms with E-state index < -0.39 is 0 Å². The third-order valence-corrected chi connectivity index (χ3v) is 3.78. The summed E-state index contributed by atoms with van der Waals surface area (Å²) in [5.41, 5.74) is 1.52. The SMILES string of the molecule is CC(CC1CCCCC1)c1ccccc1. The molecule has 1 aromatic rings. The average Bonchev–Trinajstić information content (AvgIpc) is 2.31. The molecule has 1 atom stereocenters. The minimum absolute atomic E-state index is 0.745. The van der Waals surface area contributed by atoms with Crippen LogP contribution >= 0.6 is 0 Å². The third kappa shape index (κ3) is 3.09. The first-order valence-electron chi connectivity index (χ1n) is 6.41. The van der Waals surface area contributed by atoms with Crippen LogP contribution < -0.4 is 0 Å². The average molecular weight is 202 g/mol. The molecule has 0 bridgehead atoms. The molecule has 1 unspecified atom stereocenters. The van der Waals surface area contributed by atoms with E-state index in [2.05, 4.69) is 37.3 Å². The van der Waals surface area contributed by atoms with Gasteiger partial charge in [-0.05, 0) is 23.8 Å². The monoisotopic (exact) mass is 202 g/mol. The zero-order valence-electron chi connectivity index (χ0n) is 9.78. The molecule has 1 aromatic carbocycles. The Balaban J connectivity index is 1.88. The Bertz CT molecular complexity index is 269. The van der Waals surface area contributed by atoms with Crippen LogP contribution in [0, 0.1) is 5.92 Å². The summed E-state index contributed by atoms with van der Waals surface area (Å²) >= 11 is 0. The molecule has 0 heterocycles. The molecule has 0 spiro atoms. The fraction of sp³-hybridized carbons (Fsp3) is 0.600. The van der Waals surface area contributed by atoms with Gasteiger partial charge < -0.3 is 0 Å². The van der Waals surface area contributed by atoms with E-state index >= 15 is 0 Å². The first-order chi connectivity index (χ1) is 7.36. The fourth-order valence-electron chi connectivity index (χ4n) is 2.84. The molecular weight excluding hydrogens is 180 g/mol. The Morgan fingerprint density at radius 1 is 1.07 bits per heavy atom. The minimum atomic E-state index is 0.745. The van der Waals surface area contributed by atoms with Crippen molar-refractivity contribution in [3.8, 4) is 0 Å². The van der Waals surface area contributed by atoms with Crippen LogP contribution in [0.4, 0.5) is 0 Å². The zero-order chi connectivity index (χ0) is 10.5. The van der Waals surface area contributed by atoms with Gasteiger partial charge in [-0.1, -0.05) is 69.4 Å². The highest BCUT2D eigenvalue weighted by Crippen LogP contribution is 2.32. The molecule has 0 aliphatic heterocycles. The summed E-state index contributed by atoms with van der Waals surface area (Å²) in [5.74, 6) is 1.74. The molecule has 0 nitrogen and oxygen atoms in total. The van der Waals surface area contributed by atoms with Gasteiger partial charge in [0.05, 0.1) is 0 Å². The van der Waals surface area contributed by atoms with E-state index in [9.17, 15) is 0 Å². The van der Waals surface area contributed by atoms with Crippen LogP contribution in [0.1, 0.15) is 56.9 Å². The summed E-state index contributed by atoms with van der Waals surface area (Å²) in [6.07, 6.45) is 8.73. The molecule has 0 amide bonds. The number of hydrogen-bond acceptors (Lipinski definition) is 0. The Labute approximate surface area is 93.7 Å². The van der Waals surface area contributed by atoms with Crippen molar-refractivity contribution in [3.63, 3.8) is 0 Å². The van der Waals surface area contributed by atoms with Gasteiger partial charge in [0.1, 0.15) is 0 Å². The zero-order valence-corrected chi connectivity index (χ0v) is 9.78. The molecule has 0 aromatic heterocycles. The molecule has 0 heteroatoms. The second-order valence-corrected chi connectivity index (χ2v) is 5.05.